The highest BCUT2D eigenvalue weighted by atomic mass is 16.5. The summed E-state index contributed by atoms with van der Waals surface area (Å²) in [6, 6.07) is 5.19. The molecule has 3 fully saturated rings. The molecule has 0 radical (unpaired) electrons. The van der Waals surface area contributed by atoms with Gasteiger partial charge in [0.15, 0.2) is 5.78 Å². The number of likely N-dealkylation sites (tertiary alicyclic amines) is 1. The van der Waals surface area contributed by atoms with Crippen molar-refractivity contribution in [3.05, 3.63) is 29.3 Å². The monoisotopic (exact) mass is 526 g/mol. The van der Waals surface area contributed by atoms with Crippen molar-refractivity contribution in [2.24, 2.45) is 23.0 Å². The van der Waals surface area contributed by atoms with E-state index < -0.39 is 23.3 Å². The van der Waals surface area contributed by atoms with Crippen LogP contribution < -0.4 is 10.6 Å². The molecule has 210 valence electrons. The van der Waals surface area contributed by atoms with E-state index in [2.05, 4.69) is 51.3 Å². The molecule has 2 amide bonds. The second-order valence-corrected chi connectivity index (χ2v) is 12.3. The topological polar surface area (TPSA) is 96.2 Å². The SMILES string of the molecule is CCCN1CCN(c2ccc(C(N)=O)c([C@@H](C(=O)N3C[C@H](C(C)C)[C@H]4OCC(=O)[C@H]43)C(C)(C)CC)c2)CC1. The number of ether oxygens (including phenoxy) is 1. The van der Waals surface area contributed by atoms with Crippen molar-refractivity contribution in [2.45, 2.75) is 72.4 Å². The summed E-state index contributed by atoms with van der Waals surface area (Å²) >= 11 is 0. The van der Waals surface area contributed by atoms with Crippen molar-refractivity contribution in [1.82, 2.24) is 9.80 Å². The smallest absolute Gasteiger partial charge is 0.249 e. The number of nitrogens with two attached hydrogens (primary N) is 1. The summed E-state index contributed by atoms with van der Waals surface area (Å²) in [5.41, 5.74) is 7.47. The van der Waals surface area contributed by atoms with Gasteiger partial charge in [-0.25, -0.2) is 0 Å². The van der Waals surface area contributed by atoms with Gasteiger partial charge in [0.2, 0.25) is 11.8 Å². The molecule has 3 heterocycles. The van der Waals surface area contributed by atoms with E-state index in [1.807, 2.05) is 12.1 Å². The number of anilines is 1. The van der Waals surface area contributed by atoms with E-state index in [0.717, 1.165) is 51.3 Å². The zero-order valence-corrected chi connectivity index (χ0v) is 24.0. The molecule has 3 aliphatic rings. The van der Waals surface area contributed by atoms with E-state index in [0.29, 0.717) is 17.7 Å². The van der Waals surface area contributed by atoms with Gasteiger partial charge in [-0.2, -0.15) is 0 Å². The number of fused-ring (bicyclic) bond motifs is 1. The highest BCUT2D eigenvalue weighted by molar-refractivity contribution is 5.99. The lowest BCUT2D eigenvalue weighted by Crippen LogP contribution is -2.48. The second-order valence-electron chi connectivity index (χ2n) is 12.3. The summed E-state index contributed by atoms with van der Waals surface area (Å²) in [6.45, 7) is 18.0. The Morgan fingerprint density at radius 2 is 1.82 bits per heavy atom. The van der Waals surface area contributed by atoms with Crippen LogP contribution in [0.5, 0.6) is 0 Å². The molecule has 2 N–H and O–H groups in total. The van der Waals surface area contributed by atoms with Crippen LogP contribution in [-0.4, -0.2) is 85.4 Å². The van der Waals surface area contributed by atoms with Crippen LogP contribution in [0.15, 0.2) is 18.2 Å². The molecule has 0 saturated carbocycles. The minimum Gasteiger partial charge on any atom is -0.369 e. The Morgan fingerprint density at radius 1 is 1.13 bits per heavy atom. The van der Waals surface area contributed by atoms with Crippen molar-refractivity contribution in [1.29, 1.82) is 0 Å². The first-order chi connectivity index (χ1) is 18.0. The van der Waals surface area contributed by atoms with Crippen LogP contribution in [0.2, 0.25) is 0 Å². The fourth-order valence-corrected chi connectivity index (χ4v) is 6.52. The molecular weight excluding hydrogens is 480 g/mol. The van der Waals surface area contributed by atoms with E-state index in [-0.39, 0.29) is 36.2 Å². The number of Topliss-reactive ketones (excluding diaryl/α,β-unsaturated/α-hetero) is 1. The Labute approximate surface area is 227 Å². The van der Waals surface area contributed by atoms with Gasteiger partial charge in [-0.3, -0.25) is 19.3 Å². The lowest BCUT2D eigenvalue weighted by atomic mass is 9.71. The van der Waals surface area contributed by atoms with Crippen LogP contribution in [0.3, 0.4) is 0 Å². The average molecular weight is 527 g/mol. The third-order valence-electron chi connectivity index (χ3n) is 9.19. The van der Waals surface area contributed by atoms with E-state index in [1.54, 1.807) is 11.0 Å². The van der Waals surface area contributed by atoms with Crippen molar-refractivity contribution in [3.8, 4) is 0 Å². The summed E-state index contributed by atoms with van der Waals surface area (Å²) < 4.78 is 5.90. The Hall–Kier alpha value is -2.45. The largest absolute Gasteiger partial charge is 0.369 e. The van der Waals surface area contributed by atoms with Gasteiger partial charge in [0.05, 0.1) is 12.0 Å². The van der Waals surface area contributed by atoms with Crippen LogP contribution in [0, 0.1) is 17.3 Å². The molecule has 8 heteroatoms. The predicted octanol–water partition coefficient (Wildman–Crippen LogP) is 3.29. The van der Waals surface area contributed by atoms with Crippen LogP contribution >= 0.6 is 0 Å². The van der Waals surface area contributed by atoms with Gasteiger partial charge in [-0.15, -0.1) is 0 Å². The van der Waals surface area contributed by atoms with Crippen molar-refractivity contribution in [2.75, 3.05) is 50.8 Å². The first kappa shape index (κ1) is 28.6. The molecule has 4 rings (SSSR count). The second kappa shape index (κ2) is 11.3. The maximum Gasteiger partial charge on any atom is 0.249 e. The summed E-state index contributed by atoms with van der Waals surface area (Å²) in [6.07, 6.45) is 1.59. The standard InChI is InChI=1S/C30H46N4O4/c1-7-11-32-12-14-33(15-13-32)20-9-10-21(28(31)36)22(16-20)25(30(5,6)8-2)29(37)34-17-23(19(3)4)27-26(34)24(35)18-38-27/h9-10,16,19,23,25-27H,7-8,11-15,17-18H2,1-6H3,(H2,31,36)/t23-,25+,26-,27-/m1/s1. The van der Waals surface area contributed by atoms with Gasteiger partial charge in [0, 0.05) is 49.9 Å². The number of ketones is 1. The Bertz CT molecular complexity index is 1050. The normalized spacial score (nSPS) is 25.2. The molecule has 1 aromatic rings. The van der Waals surface area contributed by atoms with Gasteiger partial charge in [-0.1, -0.05) is 41.5 Å². The van der Waals surface area contributed by atoms with Crippen LogP contribution in [0.25, 0.3) is 0 Å². The minimum atomic E-state index is -0.615. The number of nitrogens with zero attached hydrogens (tertiary/aromatic N) is 3. The third kappa shape index (κ3) is 5.34. The molecule has 0 spiro atoms. The summed E-state index contributed by atoms with van der Waals surface area (Å²) in [4.78, 5) is 46.7. The van der Waals surface area contributed by atoms with E-state index in [1.165, 1.54) is 0 Å². The molecule has 8 nitrogen and oxygen atoms in total. The highest BCUT2D eigenvalue weighted by Gasteiger charge is 2.55. The minimum absolute atomic E-state index is 0.0339. The van der Waals surface area contributed by atoms with E-state index in [4.69, 9.17) is 10.5 Å². The number of hydrogen-bond donors (Lipinski definition) is 1. The molecule has 3 aliphatic heterocycles. The fourth-order valence-electron chi connectivity index (χ4n) is 6.52. The Balaban J connectivity index is 1.74. The van der Waals surface area contributed by atoms with Gasteiger partial charge in [0.25, 0.3) is 0 Å². The molecule has 0 unspecified atom stereocenters. The maximum absolute atomic E-state index is 14.5. The zero-order valence-electron chi connectivity index (χ0n) is 24.0. The lowest BCUT2D eigenvalue weighted by Gasteiger charge is -2.39. The molecule has 0 aromatic heterocycles. The molecule has 3 saturated heterocycles. The van der Waals surface area contributed by atoms with Crippen LogP contribution in [0.1, 0.15) is 76.2 Å². The summed E-state index contributed by atoms with van der Waals surface area (Å²) in [5, 5.41) is 0. The number of piperazine rings is 1. The van der Waals surface area contributed by atoms with Crippen LogP contribution in [-0.2, 0) is 14.3 Å². The fraction of sp³-hybridized carbons (Fsp3) is 0.700. The average Bonchev–Trinajstić information content (AvgIpc) is 3.45. The van der Waals surface area contributed by atoms with Gasteiger partial charge >= 0.3 is 0 Å². The Kier molecular flexibility index (Phi) is 8.52. The molecule has 0 aliphatic carbocycles. The number of carbonyl (C=O) groups is 3. The molecule has 0 bridgehead atoms. The van der Waals surface area contributed by atoms with Gasteiger partial charge in [0.1, 0.15) is 12.6 Å². The number of carbonyl (C=O) groups excluding carboxylic acids is 3. The summed E-state index contributed by atoms with van der Waals surface area (Å²) in [5.74, 6) is -0.920. The number of benzene rings is 1. The molecular formula is C30H46N4O4. The molecule has 4 atom stereocenters. The van der Waals surface area contributed by atoms with Gasteiger partial charge < -0.3 is 20.3 Å². The number of rotatable bonds is 9. The van der Waals surface area contributed by atoms with Crippen molar-refractivity contribution in [3.63, 3.8) is 0 Å². The van der Waals surface area contributed by atoms with Crippen molar-refractivity contribution >= 4 is 23.3 Å². The highest BCUT2D eigenvalue weighted by Crippen LogP contribution is 2.45. The first-order valence-electron chi connectivity index (χ1n) is 14.4. The first-order valence-corrected chi connectivity index (χ1v) is 14.4. The van der Waals surface area contributed by atoms with Crippen molar-refractivity contribution < 1.29 is 19.1 Å². The van der Waals surface area contributed by atoms with Crippen LogP contribution in [0.4, 0.5) is 5.69 Å². The predicted molar refractivity (Wildman–Crippen MR) is 149 cm³/mol. The lowest BCUT2D eigenvalue weighted by molar-refractivity contribution is -0.140. The number of primary amides is 1. The van der Waals surface area contributed by atoms with Gasteiger partial charge in [-0.05, 0) is 54.5 Å². The third-order valence-corrected chi connectivity index (χ3v) is 9.19. The molecule has 38 heavy (non-hydrogen) atoms. The Morgan fingerprint density at radius 3 is 2.39 bits per heavy atom. The molecule has 1 aromatic carbocycles. The number of hydrogen-bond acceptors (Lipinski definition) is 6. The van der Waals surface area contributed by atoms with E-state index >= 15 is 0 Å². The zero-order chi connectivity index (χ0) is 27.8. The number of amides is 2. The van der Waals surface area contributed by atoms with E-state index in [9.17, 15) is 14.4 Å². The summed E-state index contributed by atoms with van der Waals surface area (Å²) in [7, 11) is 0. The quantitative estimate of drug-likeness (QED) is 0.531. The maximum atomic E-state index is 14.5.